The second-order valence-electron chi connectivity index (χ2n) is 11.1. The number of para-hydroxylation sites is 1. The van der Waals surface area contributed by atoms with Crippen molar-refractivity contribution in [1.29, 1.82) is 0 Å². The van der Waals surface area contributed by atoms with Gasteiger partial charge in [-0.15, -0.1) is 0 Å². The quantitative estimate of drug-likeness (QED) is 0.281. The first-order valence-corrected chi connectivity index (χ1v) is 14.1. The Morgan fingerprint density at radius 3 is 2.68 bits per heavy atom. The molecule has 1 aliphatic heterocycles. The molecule has 1 saturated carbocycles. The minimum atomic E-state index is -1.16. The normalized spacial score (nSPS) is 23.0. The lowest BCUT2D eigenvalue weighted by atomic mass is 9.87. The number of carbonyl (C=O) groups is 2. The van der Waals surface area contributed by atoms with Gasteiger partial charge in [0.05, 0.1) is 50.3 Å². The van der Waals surface area contributed by atoms with Crippen LogP contribution in [0, 0.1) is 11.7 Å². The summed E-state index contributed by atoms with van der Waals surface area (Å²) in [6.45, 7) is 0.164. The average Bonchev–Trinajstić information content (AvgIpc) is 3.68. The molecule has 0 bridgehead atoms. The van der Waals surface area contributed by atoms with E-state index in [4.69, 9.17) is 13.9 Å². The lowest BCUT2D eigenvalue weighted by molar-refractivity contribution is -0.148. The van der Waals surface area contributed by atoms with E-state index in [1.165, 1.54) is 12.0 Å². The highest BCUT2D eigenvalue weighted by molar-refractivity contribution is 5.95. The Kier molecular flexibility index (Phi) is 7.50. The van der Waals surface area contributed by atoms with Gasteiger partial charge in [0.2, 0.25) is 11.8 Å². The van der Waals surface area contributed by atoms with Crippen LogP contribution >= 0.6 is 0 Å². The first-order valence-electron chi connectivity index (χ1n) is 14.1. The molecule has 6 rings (SSSR count). The number of halogens is 2. The largest absolute Gasteiger partial charge is 0.469 e. The van der Waals surface area contributed by atoms with Crippen LogP contribution in [0.15, 0.2) is 47.0 Å². The van der Waals surface area contributed by atoms with E-state index in [2.05, 4.69) is 4.98 Å². The van der Waals surface area contributed by atoms with Crippen molar-refractivity contribution in [2.24, 2.45) is 13.0 Å². The number of amides is 1. The number of carbonyl (C=O) groups excluding carboxylic acids is 2. The highest BCUT2D eigenvalue weighted by atomic mass is 19.1. The molecule has 2 fully saturated rings. The molecule has 0 spiro atoms. The second-order valence-corrected chi connectivity index (χ2v) is 11.1. The van der Waals surface area contributed by atoms with Gasteiger partial charge in [0.25, 0.3) is 0 Å². The summed E-state index contributed by atoms with van der Waals surface area (Å²) in [5, 5.41) is 0.942. The van der Waals surface area contributed by atoms with Crippen LogP contribution in [-0.4, -0.2) is 64.9 Å². The fraction of sp³-hybridized carbons (Fsp3) is 0.452. The lowest BCUT2D eigenvalue weighted by Crippen LogP contribution is -2.40. The molecule has 2 aliphatic rings. The van der Waals surface area contributed by atoms with E-state index in [0.29, 0.717) is 37.1 Å². The number of nitrogens with zero attached hydrogens (tertiary/aromatic N) is 3. The summed E-state index contributed by atoms with van der Waals surface area (Å²) in [4.78, 5) is 31.0. The van der Waals surface area contributed by atoms with Crippen LogP contribution in [0.1, 0.15) is 37.7 Å². The van der Waals surface area contributed by atoms with Crippen molar-refractivity contribution in [2.75, 3.05) is 20.3 Å². The van der Waals surface area contributed by atoms with E-state index in [1.807, 2.05) is 42.1 Å². The van der Waals surface area contributed by atoms with Crippen molar-refractivity contribution in [1.82, 2.24) is 14.5 Å². The molecule has 1 saturated heterocycles. The number of esters is 1. The monoisotopic (exact) mass is 565 g/mol. The van der Waals surface area contributed by atoms with Crippen LogP contribution in [-0.2, 0) is 32.5 Å². The smallest absolute Gasteiger partial charge is 0.308 e. The maximum atomic E-state index is 15.6. The number of likely N-dealkylation sites (tertiary alicyclic amines) is 1. The SMILES string of the molecule is COC(=O)[C@H]1CC[C@H](OC[C@@H]2C[C@H](F)CN2C(=O)Cc2ccc3nc(-c4cn(C)c5ccccc45)oc3c2F)CC1. The standard InChI is InChI=1S/C31H33F2N3O5/c1-35-16-24(23-5-3-4-6-26(23)35)30-34-25-12-9-19(28(33)29(25)41-30)13-27(37)36-15-20(32)14-21(36)17-40-22-10-7-18(8-11-22)31(38)39-2/h3-6,9,12,16,18,20-22H,7-8,10-11,13-15,17H2,1-2H3/t18-,20-,21-,22-/m0/s1. The Balaban J connectivity index is 1.14. The van der Waals surface area contributed by atoms with Crippen LogP contribution in [0.4, 0.5) is 8.78 Å². The fourth-order valence-electron chi connectivity index (χ4n) is 6.23. The van der Waals surface area contributed by atoms with E-state index in [9.17, 15) is 14.0 Å². The third-order valence-electron chi connectivity index (χ3n) is 8.46. The van der Waals surface area contributed by atoms with Gasteiger partial charge in [-0.3, -0.25) is 9.59 Å². The Morgan fingerprint density at radius 1 is 1.12 bits per heavy atom. The number of oxazole rings is 1. The Labute approximate surface area is 236 Å². The molecule has 3 heterocycles. The zero-order valence-electron chi connectivity index (χ0n) is 23.1. The van der Waals surface area contributed by atoms with Crippen molar-refractivity contribution >= 4 is 33.9 Å². The fourth-order valence-corrected chi connectivity index (χ4v) is 6.23. The number of methoxy groups -OCH3 is 1. The number of rotatable bonds is 7. The van der Waals surface area contributed by atoms with Gasteiger partial charge in [0, 0.05) is 36.1 Å². The van der Waals surface area contributed by atoms with Gasteiger partial charge >= 0.3 is 5.97 Å². The van der Waals surface area contributed by atoms with Crippen LogP contribution in [0.25, 0.3) is 33.5 Å². The average molecular weight is 566 g/mol. The maximum absolute atomic E-state index is 15.6. The van der Waals surface area contributed by atoms with Crippen LogP contribution < -0.4 is 0 Å². The minimum Gasteiger partial charge on any atom is -0.469 e. The van der Waals surface area contributed by atoms with E-state index < -0.39 is 18.0 Å². The molecular formula is C31H33F2N3O5. The highest BCUT2D eigenvalue weighted by Crippen LogP contribution is 2.34. The first-order chi connectivity index (χ1) is 19.8. The third kappa shape index (κ3) is 5.32. The Morgan fingerprint density at radius 2 is 1.90 bits per heavy atom. The number of fused-ring (bicyclic) bond motifs is 2. The van der Waals surface area contributed by atoms with Crippen molar-refractivity contribution < 1.29 is 32.3 Å². The van der Waals surface area contributed by atoms with E-state index in [-0.39, 0.29) is 61.0 Å². The summed E-state index contributed by atoms with van der Waals surface area (Å²) in [7, 11) is 3.32. The molecule has 216 valence electrons. The van der Waals surface area contributed by atoms with Gasteiger partial charge in [-0.05, 0) is 37.8 Å². The predicted octanol–water partition coefficient (Wildman–Crippen LogP) is 5.36. The van der Waals surface area contributed by atoms with E-state index in [1.54, 1.807) is 12.1 Å². The number of alkyl halides is 1. The molecule has 1 aliphatic carbocycles. The number of hydrogen-bond donors (Lipinski definition) is 0. The summed E-state index contributed by atoms with van der Waals surface area (Å²) in [6.07, 6.45) is 3.43. The van der Waals surface area contributed by atoms with Crippen molar-refractivity contribution in [3.05, 3.63) is 54.0 Å². The predicted molar refractivity (Wildman–Crippen MR) is 148 cm³/mol. The lowest BCUT2D eigenvalue weighted by Gasteiger charge is -2.30. The van der Waals surface area contributed by atoms with Gasteiger partial charge in [-0.1, -0.05) is 24.3 Å². The van der Waals surface area contributed by atoms with Gasteiger partial charge in [-0.2, -0.15) is 0 Å². The molecular weight excluding hydrogens is 532 g/mol. The second kappa shape index (κ2) is 11.2. The van der Waals surface area contributed by atoms with E-state index >= 15 is 4.39 Å². The molecule has 1 amide bonds. The Bertz CT molecular complexity index is 1590. The summed E-state index contributed by atoms with van der Waals surface area (Å²) in [6, 6.07) is 10.6. The molecule has 2 aromatic heterocycles. The van der Waals surface area contributed by atoms with Crippen LogP contribution in [0.3, 0.4) is 0 Å². The van der Waals surface area contributed by atoms with Gasteiger partial charge in [0.15, 0.2) is 11.4 Å². The van der Waals surface area contributed by atoms with Crippen LogP contribution in [0.5, 0.6) is 0 Å². The number of aryl methyl sites for hydroxylation is 1. The maximum Gasteiger partial charge on any atom is 0.308 e. The minimum absolute atomic E-state index is 0.00883. The van der Waals surface area contributed by atoms with E-state index in [0.717, 1.165) is 16.5 Å². The zero-order valence-corrected chi connectivity index (χ0v) is 23.1. The topological polar surface area (TPSA) is 86.8 Å². The number of aromatic nitrogens is 2. The highest BCUT2D eigenvalue weighted by Gasteiger charge is 2.37. The Hall–Kier alpha value is -3.79. The van der Waals surface area contributed by atoms with Crippen molar-refractivity contribution in [2.45, 2.75) is 56.8 Å². The summed E-state index contributed by atoms with van der Waals surface area (Å²) < 4.78 is 48.8. The number of ether oxygens (including phenoxy) is 2. The molecule has 4 aromatic rings. The van der Waals surface area contributed by atoms with Gasteiger partial charge in [0.1, 0.15) is 11.7 Å². The molecule has 0 unspecified atom stereocenters. The molecule has 8 nitrogen and oxygen atoms in total. The molecule has 2 aromatic carbocycles. The van der Waals surface area contributed by atoms with Crippen LogP contribution in [0.2, 0.25) is 0 Å². The summed E-state index contributed by atoms with van der Waals surface area (Å²) in [5.74, 6) is -1.01. The molecule has 0 radical (unpaired) electrons. The zero-order chi connectivity index (χ0) is 28.7. The summed E-state index contributed by atoms with van der Waals surface area (Å²) >= 11 is 0. The molecule has 0 N–H and O–H groups in total. The van der Waals surface area contributed by atoms with Crippen molar-refractivity contribution in [3.8, 4) is 11.5 Å². The van der Waals surface area contributed by atoms with Gasteiger partial charge < -0.3 is 23.4 Å². The van der Waals surface area contributed by atoms with Crippen molar-refractivity contribution in [3.63, 3.8) is 0 Å². The molecule has 41 heavy (non-hydrogen) atoms. The number of hydrogen-bond acceptors (Lipinski definition) is 6. The van der Waals surface area contributed by atoms with Gasteiger partial charge in [-0.25, -0.2) is 13.8 Å². The first kappa shape index (κ1) is 27.4. The molecule has 10 heteroatoms. The summed E-state index contributed by atoms with van der Waals surface area (Å²) in [5.41, 5.74) is 2.28. The third-order valence-corrected chi connectivity index (χ3v) is 8.46. The number of benzene rings is 2. The molecule has 2 atom stereocenters.